The molecular weight excluding hydrogens is 402 g/mol. The van der Waals surface area contributed by atoms with Gasteiger partial charge in [0.25, 0.3) is 0 Å². The predicted octanol–water partition coefficient (Wildman–Crippen LogP) is 4.75. The van der Waals surface area contributed by atoms with E-state index in [9.17, 15) is 0 Å². The Kier molecular flexibility index (Phi) is 5.22. The first-order valence-electron chi connectivity index (χ1n) is 10.3. The molecule has 3 aromatic heterocycles. The van der Waals surface area contributed by atoms with Crippen molar-refractivity contribution in [2.45, 2.75) is 25.6 Å². The molecule has 0 aliphatic carbocycles. The predicted molar refractivity (Wildman–Crippen MR) is 126 cm³/mol. The van der Waals surface area contributed by atoms with Gasteiger partial charge in [-0.2, -0.15) is 0 Å². The molecule has 0 radical (unpaired) electrons. The summed E-state index contributed by atoms with van der Waals surface area (Å²) in [6.45, 7) is 2.81. The van der Waals surface area contributed by atoms with E-state index in [-0.39, 0.29) is 12.1 Å². The number of nitrogens with zero attached hydrogens (tertiary/aromatic N) is 4. The molecule has 4 aromatic rings. The standard InChI is InChI=1S/C25H23N5S/c1-18-6-4-7-20(16-18)29-15-5-9-22(29)24-23(21-8-2-3-12-27-21)28-25(31)30(24)17-19-10-13-26-14-11-19/h2-16,23-24H,17H2,1H3,(H,28,31)/t23-,24+/m1/s1. The van der Waals surface area contributed by atoms with Crippen molar-refractivity contribution in [2.24, 2.45) is 0 Å². The Morgan fingerprint density at radius 1 is 0.968 bits per heavy atom. The summed E-state index contributed by atoms with van der Waals surface area (Å²) in [5, 5.41) is 4.27. The molecule has 0 bridgehead atoms. The summed E-state index contributed by atoms with van der Waals surface area (Å²) in [6, 6.07) is 22.9. The van der Waals surface area contributed by atoms with Gasteiger partial charge in [0, 0.05) is 42.7 Å². The second-order valence-corrected chi connectivity index (χ2v) is 8.14. The maximum atomic E-state index is 5.81. The number of hydrogen-bond donors (Lipinski definition) is 1. The van der Waals surface area contributed by atoms with Gasteiger partial charge in [-0.25, -0.2) is 0 Å². The van der Waals surface area contributed by atoms with Gasteiger partial charge in [-0.15, -0.1) is 0 Å². The molecular formula is C25H23N5S. The molecule has 1 aromatic carbocycles. The molecule has 0 unspecified atom stereocenters. The minimum atomic E-state index is -0.0472. The third-order valence-corrected chi connectivity index (χ3v) is 6.02. The molecule has 0 amide bonds. The van der Waals surface area contributed by atoms with Crippen molar-refractivity contribution in [3.63, 3.8) is 0 Å². The number of rotatable bonds is 5. The first kappa shape index (κ1) is 19.5. The van der Waals surface area contributed by atoms with Crippen molar-refractivity contribution >= 4 is 17.3 Å². The van der Waals surface area contributed by atoms with Gasteiger partial charge >= 0.3 is 0 Å². The van der Waals surface area contributed by atoms with Gasteiger partial charge in [-0.3, -0.25) is 9.97 Å². The molecule has 1 saturated heterocycles. The first-order valence-corrected chi connectivity index (χ1v) is 10.7. The summed E-state index contributed by atoms with van der Waals surface area (Å²) in [6.07, 6.45) is 7.60. The van der Waals surface area contributed by atoms with Gasteiger partial charge in [0.05, 0.1) is 17.8 Å². The maximum absolute atomic E-state index is 5.81. The zero-order valence-electron chi connectivity index (χ0n) is 17.2. The van der Waals surface area contributed by atoms with Crippen LogP contribution in [-0.2, 0) is 6.54 Å². The van der Waals surface area contributed by atoms with Gasteiger partial charge in [-0.1, -0.05) is 18.2 Å². The van der Waals surface area contributed by atoms with Crippen molar-refractivity contribution in [2.75, 3.05) is 0 Å². The first-order chi connectivity index (χ1) is 15.2. The van der Waals surface area contributed by atoms with Crippen LogP contribution in [0.4, 0.5) is 0 Å². The number of thiocarbonyl (C=S) groups is 1. The van der Waals surface area contributed by atoms with Gasteiger partial charge < -0.3 is 14.8 Å². The van der Waals surface area contributed by atoms with E-state index in [0.717, 1.165) is 16.5 Å². The average Bonchev–Trinajstić information content (AvgIpc) is 3.40. The van der Waals surface area contributed by atoms with Crippen LogP contribution in [0.1, 0.15) is 34.6 Å². The van der Waals surface area contributed by atoms with Crippen LogP contribution in [0.15, 0.2) is 91.5 Å². The fourth-order valence-corrected chi connectivity index (χ4v) is 4.54. The minimum Gasteiger partial charge on any atom is -0.352 e. The molecule has 5 nitrogen and oxygen atoms in total. The Hall–Kier alpha value is -3.51. The summed E-state index contributed by atoms with van der Waals surface area (Å²) in [7, 11) is 0. The summed E-state index contributed by atoms with van der Waals surface area (Å²) in [5.74, 6) is 0. The monoisotopic (exact) mass is 425 g/mol. The lowest BCUT2D eigenvalue weighted by atomic mass is 10.0. The Morgan fingerprint density at radius 3 is 2.61 bits per heavy atom. The lowest BCUT2D eigenvalue weighted by molar-refractivity contribution is 0.302. The number of aromatic nitrogens is 3. The Labute approximate surface area is 187 Å². The molecule has 1 aliphatic rings. The Bertz CT molecular complexity index is 1190. The molecule has 154 valence electrons. The van der Waals surface area contributed by atoms with E-state index < -0.39 is 0 Å². The largest absolute Gasteiger partial charge is 0.352 e. The third-order valence-electron chi connectivity index (χ3n) is 5.66. The zero-order valence-corrected chi connectivity index (χ0v) is 18.0. The molecule has 6 heteroatoms. The van der Waals surface area contributed by atoms with Crippen LogP contribution in [0.2, 0.25) is 0 Å². The molecule has 1 aliphatic heterocycles. The maximum Gasteiger partial charge on any atom is 0.170 e. The lowest BCUT2D eigenvalue weighted by Gasteiger charge is -2.29. The highest BCUT2D eigenvalue weighted by Gasteiger charge is 2.41. The summed E-state index contributed by atoms with van der Waals surface area (Å²) in [4.78, 5) is 11.1. The van der Waals surface area contributed by atoms with Crippen molar-refractivity contribution in [3.05, 3.63) is 114 Å². The fraction of sp³-hybridized carbons (Fsp3) is 0.160. The molecule has 1 fully saturated rings. The molecule has 1 N–H and O–H groups in total. The highest BCUT2D eigenvalue weighted by atomic mass is 32.1. The van der Waals surface area contributed by atoms with Crippen LogP contribution in [0.3, 0.4) is 0 Å². The molecule has 31 heavy (non-hydrogen) atoms. The minimum absolute atomic E-state index is 0.00826. The summed E-state index contributed by atoms with van der Waals surface area (Å²) < 4.78 is 2.25. The van der Waals surface area contributed by atoms with Crippen LogP contribution in [0, 0.1) is 6.92 Å². The van der Waals surface area contributed by atoms with E-state index in [1.54, 1.807) is 0 Å². The van der Waals surface area contributed by atoms with Crippen LogP contribution in [0.25, 0.3) is 5.69 Å². The molecule has 2 atom stereocenters. The molecule has 0 spiro atoms. The highest BCUT2D eigenvalue weighted by molar-refractivity contribution is 7.80. The van der Waals surface area contributed by atoms with Crippen molar-refractivity contribution < 1.29 is 0 Å². The SMILES string of the molecule is Cc1cccc(-n2cccc2[C@H]2[C@@H](c3ccccn3)NC(=S)N2Cc2ccncc2)c1. The van der Waals surface area contributed by atoms with Crippen LogP contribution < -0.4 is 5.32 Å². The normalized spacial score (nSPS) is 18.2. The number of aryl methyl sites for hydroxylation is 1. The van der Waals surface area contributed by atoms with E-state index in [1.165, 1.54) is 16.8 Å². The second-order valence-electron chi connectivity index (χ2n) is 7.75. The quantitative estimate of drug-likeness (QED) is 0.468. The Balaban J connectivity index is 1.61. The van der Waals surface area contributed by atoms with E-state index in [1.807, 2.05) is 42.9 Å². The van der Waals surface area contributed by atoms with Gasteiger partial charge in [0.15, 0.2) is 5.11 Å². The van der Waals surface area contributed by atoms with E-state index >= 15 is 0 Å². The topological polar surface area (TPSA) is 46.0 Å². The van der Waals surface area contributed by atoms with E-state index in [0.29, 0.717) is 6.54 Å². The third kappa shape index (κ3) is 3.82. The number of nitrogens with one attached hydrogen (secondary N) is 1. The number of pyridine rings is 2. The summed E-state index contributed by atoms with van der Waals surface area (Å²) in [5.41, 5.74) is 5.68. The molecule has 4 heterocycles. The zero-order chi connectivity index (χ0) is 21.2. The van der Waals surface area contributed by atoms with Crippen molar-refractivity contribution in [1.29, 1.82) is 0 Å². The van der Waals surface area contributed by atoms with E-state index in [2.05, 4.69) is 80.3 Å². The van der Waals surface area contributed by atoms with Crippen LogP contribution in [-0.4, -0.2) is 24.5 Å². The average molecular weight is 426 g/mol. The van der Waals surface area contributed by atoms with Crippen molar-refractivity contribution in [3.8, 4) is 5.69 Å². The van der Waals surface area contributed by atoms with Crippen LogP contribution >= 0.6 is 12.2 Å². The van der Waals surface area contributed by atoms with Crippen molar-refractivity contribution in [1.82, 2.24) is 24.8 Å². The fourth-order valence-electron chi connectivity index (χ4n) is 4.23. The molecule has 0 saturated carbocycles. The van der Waals surface area contributed by atoms with Gasteiger partial charge in [-0.05, 0) is 78.8 Å². The summed E-state index contributed by atoms with van der Waals surface area (Å²) >= 11 is 5.81. The van der Waals surface area contributed by atoms with Gasteiger partial charge in [0.1, 0.15) is 0 Å². The van der Waals surface area contributed by atoms with Gasteiger partial charge in [0.2, 0.25) is 0 Å². The highest BCUT2D eigenvalue weighted by Crippen LogP contribution is 2.40. The smallest absolute Gasteiger partial charge is 0.170 e. The molecule has 5 rings (SSSR count). The van der Waals surface area contributed by atoms with E-state index in [4.69, 9.17) is 12.2 Å². The number of hydrogen-bond acceptors (Lipinski definition) is 3. The number of benzene rings is 1. The Morgan fingerprint density at radius 2 is 1.84 bits per heavy atom. The second kappa shape index (κ2) is 8.32. The lowest BCUT2D eigenvalue weighted by Crippen LogP contribution is -2.30. The van der Waals surface area contributed by atoms with Crippen LogP contribution in [0.5, 0.6) is 0 Å².